The summed E-state index contributed by atoms with van der Waals surface area (Å²) in [5, 5.41) is 9.72. The van der Waals surface area contributed by atoms with Gasteiger partial charge in [0.05, 0.1) is 12.0 Å². The van der Waals surface area contributed by atoms with Gasteiger partial charge < -0.3 is 14.7 Å². The van der Waals surface area contributed by atoms with Crippen molar-refractivity contribution in [3.05, 3.63) is 46.0 Å². The minimum Gasteiger partial charge on any atom is -0.481 e. The highest BCUT2D eigenvalue weighted by Gasteiger charge is 2.55. The minimum absolute atomic E-state index is 0.0496. The van der Waals surface area contributed by atoms with Gasteiger partial charge in [-0.2, -0.15) is 0 Å². The molecule has 0 radical (unpaired) electrons. The Hall–Kier alpha value is -2.74. The lowest BCUT2D eigenvalue weighted by Gasteiger charge is -2.33. The van der Waals surface area contributed by atoms with Crippen LogP contribution in [0.3, 0.4) is 0 Å². The largest absolute Gasteiger partial charge is 0.481 e. The average molecular weight is 357 g/mol. The third-order valence-corrected chi connectivity index (χ3v) is 5.52. The third kappa shape index (κ3) is 2.40. The first-order chi connectivity index (χ1) is 12.4. The van der Waals surface area contributed by atoms with Crippen LogP contribution in [-0.4, -0.2) is 57.6 Å². The van der Waals surface area contributed by atoms with Gasteiger partial charge in [-0.05, 0) is 31.0 Å². The van der Waals surface area contributed by atoms with Gasteiger partial charge in [-0.25, -0.2) is 4.98 Å². The Kier molecular flexibility index (Phi) is 3.80. The van der Waals surface area contributed by atoms with E-state index in [9.17, 15) is 19.5 Å². The van der Waals surface area contributed by atoms with E-state index in [1.807, 2.05) is 6.92 Å². The second-order valence-corrected chi connectivity index (χ2v) is 7.08. The predicted molar refractivity (Wildman–Crippen MR) is 91.1 cm³/mol. The van der Waals surface area contributed by atoms with Gasteiger partial charge in [0.25, 0.3) is 11.5 Å². The van der Waals surface area contributed by atoms with E-state index < -0.39 is 22.9 Å². The maximum Gasteiger partial charge on any atom is 0.311 e. The molecule has 2 aliphatic rings. The fraction of sp³-hybridized carbons (Fsp3) is 0.444. The molecule has 1 N–H and O–H groups in total. The lowest BCUT2D eigenvalue weighted by Crippen LogP contribution is -2.45. The predicted octanol–water partition coefficient (Wildman–Crippen LogP) is 0.566. The Morgan fingerprint density at radius 3 is 2.96 bits per heavy atom. The number of aromatic nitrogens is 2. The fourth-order valence-corrected chi connectivity index (χ4v) is 3.95. The summed E-state index contributed by atoms with van der Waals surface area (Å²) >= 11 is 0. The van der Waals surface area contributed by atoms with Gasteiger partial charge >= 0.3 is 5.97 Å². The standard InChI is InChI=1S/C18H19N3O5/c1-11-2-4-21-14(6-11)19-7-13(16(21)23)15(22)20-8-12-9-26-5-3-18(12,10-20)17(24)25/h2,4,6-7,12H,3,5,8-10H2,1H3,(H,24,25)/t12-,18+/m0/s1. The molecule has 4 heterocycles. The van der Waals surface area contributed by atoms with Gasteiger partial charge in [-0.3, -0.25) is 18.8 Å². The number of ether oxygens (including phenoxy) is 1. The Balaban J connectivity index is 1.69. The number of hydrogen-bond acceptors (Lipinski definition) is 5. The molecule has 0 spiro atoms. The lowest BCUT2D eigenvalue weighted by atomic mass is 9.74. The first-order valence-electron chi connectivity index (χ1n) is 8.51. The molecule has 4 rings (SSSR count). The molecular weight excluding hydrogens is 338 g/mol. The van der Waals surface area contributed by atoms with Gasteiger partial charge in [-0.15, -0.1) is 0 Å². The van der Waals surface area contributed by atoms with Gasteiger partial charge in [0.15, 0.2) is 0 Å². The molecule has 0 unspecified atom stereocenters. The zero-order chi connectivity index (χ0) is 18.5. The fourth-order valence-electron chi connectivity index (χ4n) is 3.95. The van der Waals surface area contributed by atoms with Crippen molar-refractivity contribution in [2.45, 2.75) is 13.3 Å². The van der Waals surface area contributed by atoms with Gasteiger partial charge in [0, 0.05) is 38.0 Å². The van der Waals surface area contributed by atoms with E-state index in [2.05, 4.69) is 4.98 Å². The van der Waals surface area contributed by atoms with E-state index in [1.54, 1.807) is 18.3 Å². The quantitative estimate of drug-likeness (QED) is 0.843. The number of carboxylic acids is 1. The monoisotopic (exact) mass is 357 g/mol. The van der Waals surface area contributed by atoms with Crippen molar-refractivity contribution in [1.82, 2.24) is 14.3 Å². The van der Waals surface area contributed by atoms with Gasteiger partial charge in [-0.1, -0.05) is 0 Å². The molecule has 2 fully saturated rings. The first kappa shape index (κ1) is 16.7. The number of hydrogen-bond donors (Lipinski definition) is 1. The summed E-state index contributed by atoms with van der Waals surface area (Å²) in [6.07, 6.45) is 3.24. The highest BCUT2D eigenvalue weighted by Crippen LogP contribution is 2.42. The summed E-state index contributed by atoms with van der Waals surface area (Å²) < 4.78 is 6.74. The van der Waals surface area contributed by atoms with Gasteiger partial charge in [0.2, 0.25) is 0 Å². The van der Waals surface area contributed by atoms with Crippen molar-refractivity contribution < 1.29 is 19.4 Å². The number of carboxylic acid groups (broad SMARTS) is 1. The summed E-state index contributed by atoms with van der Waals surface area (Å²) in [7, 11) is 0. The minimum atomic E-state index is -0.995. The van der Waals surface area contributed by atoms with E-state index in [1.165, 1.54) is 15.5 Å². The molecule has 26 heavy (non-hydrogen) atoms. The van der Waals surface area contributed by atoms with Crippen molar-refractivity contribution >= 4 is 17.5 Å². The van der Waals surface area contributed by atoms with Crippen LogP contribution in [0.5, 0.6) is 0 Å². The normalized spacial score (nSPS) is 25.3. The van der Waals surface area contributed by atoms with E-state index >= 15 is 0 Å². The average Bonchev–Trinajstić information content (AvgIpc) is 3.02. The molecule has 0 saturated carbocycles. The summed E-state index contributed by atoms with van der Waals surface area (Å²) in [5.41, 5.74) is -0.0622. The topological polar surface area (TPSA) is 101 Å². The lowest BCUT2D eigenvalue weighted by molar-refractivity contribution is -0.157. The molecule has 0 aromatic carbocycles. The molecule has 2 aromatic heterocycles. The molecule has 136 valence electrons. The highest BCUT2D eigenvalue weighted by molar-refractivity contribution is 5.94. The molecule has 0 bridgehead atoms. The maximum absolute atomic E-state index is 12.9. The van der Waals surface area contributed by atoms with Crippen molar-refractivity contribution in [3.8, 4) is 0 Å². The second-order valence-electron chi connectivity index (χ2n) is 7.08. The Bertz CT molecular complexity index is 969. The number of amides is 1. The molecule has 2 atom stereocenters. The number of fused-ring (bicyclic) bond motifs is 2. The molecule has 0 aliphatic carbocycles. The first-order valence-corrected chi connectivity index (χ1v) is 8.51. The van der Waals surface area contributed by atoms with Crippen LogP contribution in [0.1, 0.15) is 22.3 Å². The number of rotatable bonds is 2. The Labute approximate surface area is 149 Å². The Morgan fingerprint density at radius 1 is 1.42 bits per heavy atom. The summed E-state index contributed by atoms with van der Waals surface area (Å²) in [6, 6.07) is 3.53. The van der Waals surface area contributed by atoms with Crippen LogP contribution in [-0.2, 0) is 9.53 Å². The van der Waals surface area contributed by atoms with Crippen LogP contribution in [0, 0.1) is 18.3 Å². The van der Waals surface area contributed by atoms with Crippen LogP contribution in [0.15, 0.2) is 29.3 Å². The highest BCUT2D eigenvalue weighted by atomic mass is 16.5. The van der Waals surface area contributed by atoms with Gasteiger partial charge in [0.1, 0.15) is 11.2 Å². The van der Waals surface area contributed by atoms with Crippen molar-refractivity contribution in [2.24, 2.45) is 11.3 Å². The number of nitrogens with zero attached hydrogens (tertiary/aromatic N) is 3. The van der Waals surface area contributed by atoms with Crippen molar-refractivity contribution in [1.29, 1.82) is 0 Å². The Morgan fingerprint density at radius 2 is 2.23 bits per heavy atom. The molecule has 2 saturated heterocycles. The number of aryl methyl sites for hydroxylation is 1. The van der Waals surface area contributed by atoms with E-state index in [0.29, 0.717) is 25.3 Å². The SMILES string of the molecule is Cc1ccn2c(=O)c(C(=O)N3C[C@H]4COCC[C@@]4(C(=O)O)C3)cnc2c1. The van der Waals surface area contributed by atoms with E-state index in [0.717, 1.165) is 5.56 Å². The van der Waals surface area contributed by atoms with Crippen LogP contribution < -0.4 is 5.56 Å². The summed E-state index contributed by atoms with van der Waals surface area (Å²) in [5.74, 6) is -1.66. The number of pyridine rings is 1. The van der Waals surface area contributed by atoms with Crippen LogP contribution in [0.4, 0.5) is 0 Å². The second kappa shape index (κ2) is 5.91. The molecule has 2 aromatic rings. The van der Waals surface area contributed by atoms with Crippen LogP contribution in [0.25, 0.3) is 5.65 Å². The summed E-state index contributed by atoms with van der Waals surface area (Å²) in [4.78, 5) is 43.2. The molecule has 8 nitrogen and oxygen atoms in total. The van der Waals surface area contributed by atoms with E-state index in [-0.39, 0.29) is 24.6 Å². The molecule has 2 aliphatic heterocycles. The smallest absolute Gasteiger partial charge is 0.311 e. The van der Waals surface area contributed by atoms with Crippen molar-refractivity contribution in [3.63, 3.8) is 0 Å². The zero-order valence-corrected chi connectivity index (χ0v) is 14.3. The van der Waals surface area contributed by atoms with E-state index in [4.69, 9.17) is 4.74 Å². The molecule has 1 amide bonds. The maximum atomic E-state index is 12.9. The number of carbonyl (C=O) groups excluding carboxylic acids is 1. The summed E-state index contributed by atoms with van der Waals surface area (Å²) in [6.45, 7) is 2.92. The molecule has 8 heteroatoms. The third-order valence-electron chi connectivity index (χ3n) is 5.52. The van der Waals surface area contributed by atoms with Crippen LogP contribution in [0.2, 0.25) is 0 Å². The van der Waals surface area contributed by atoms with Crippen LogP contribution >= 0.6 is 0 Å². The zero-order valence-electron chi connectivity index (χ0n) is 14.3. The molecular formula is C18H19N3O5. The van der Waals surface area contributed by atoms with Crippen molar-refractivity contribution in [2.75, 3.05) is 26.3 Å². The number of likely N-dealkylation sites (tertiary alicyclic amines) is 1. The number of aliphatic carboxylic acids is 1. The number of carbonyl (C=O) groups is 2.